The highest BCUT2D eigenvalue weighted by atomic mass is 32.2. The lowest BCUT2D eigenvalue weighted by atomic mass is 9.84. The standard InChI is InChI=1S/C8H15NS/c1-2-10-6-8(9)7-4-3-5-7/h6-7H,2-5,9H2,1H3/b8-6-. The van der Waals surface area contributed by atoms with Crippen molar-refractivity contribution >= 4 is 11.8 Å². The van der Waals surface area contributed by atoms with Gasteiger partial charge in [0.25, 0.3) is 0 Å². The first-order chi connectivity index (χ1) is 4.84. The third-order valence-electron chi connectivity index (χ3n) is 1.96. The van der Waals surface area contributed by atoms with Crippen molar-refractivity contribution in [2.75, 3.05) is 5.75 Å². The van der Waals surface area contributed by atoms with Gasteiger partial charge in [-0.3, -0.25) is 0 Å². The Morgan fingerprint density at radius 1 is 1.70 bits per heavy atom. The van der Waals surface area contributed by atoms with Crippen LogP contribution in [0.2, 0.25) is 0 Å². The number of thioether (sulfide) groups is 1. The summed E-state index contributed by atoms with van der Waals surface area (Å²) < 4.78 is 0. The summed E-state index contributed by atoms with van der Waals surface area (Å²) >= 11 is 1.81. The molecule has 0 aromatic carbocycles. The topological polar surface area (TPSA) is 26.0 Å². The molecule has 0 radical (unpaired) electrons. The van der Waals surface area contributed by atoms with Gasteiger partial charge in [-0.05, 0) is 29.9 Å². The Balaban J connectivity index is 2.23. The van der Waals surface area contributed by atoms with Crippen molar-refractivity contribution < 1.29 is 0 Å². The molecule has 1 nitrogen and oxygen atoms in total. The van der Waals surface area contributed by atoms with Crippen molar-refractivity contribution in [2.45, 2.75) is 26.2 Å². The van der Waals surface area contributed by atoms with Crippen LogP contribution in [-0.2, 0) is 0 Å². The fourth-order valence-corrected chi connectivity index (χ4v) is 1.57. The van der Waals surface area contributed by atoms with E-state index in [0.717, 1.165) is 17.4 Å². The van der Waals surface area contributed by atoms with Gasteiger partial charge in [0.15, 0.2) is 0 Å². The quantitative estimate of drug-likeness (QED) is 0.680. The van der Waals surface area contributed by atoms with Gasteiger partial charge in [0.2, 0.25) is 0 Å². The van der Waals surface area contributed by atoms with E-state index in [1.807, 2.05) is 0 Å². The van der Waals surface area contributed by atoms with E-state index in [1.54, 1.807) is 11.8 Å². The minimum Gasteiger partial charge on any atom is -0.401 e. The van der Waals surface area contributed by atoms with Gasteiger partial charge in [-0.1, -0.05) is 13.3 Å². The molecular formula is C8H15NS. The molecule has 0 heterocycles. The normalized spacial score (nSPS) is 20.7. The first-order valence-corrected chi connectivity index (χ1v) is 4.96. The van der Waals surface area contributed by atoms with Gasteiger partial charge in [-0.2, -0.15) is 0 Å². The monoisotopic (exact) mass is 157 g/mol. The Bertz CT molecular complexity index is 127. The van der Waals surface area contributed by atoms with E-state index in [1.165, 1.54) is 19.3 Å². The minimum absolute atomic E-state index is 0.721. The summed E-state index contributed by atoms with van der Waals surface area (Å²) in [6.45, 7) is 2.15. The van der Waals surface area contributed by atoms with Crippen molar-refractivity contribution in [1.82, 2.24) is 0 Å². The predicted molar refractivity (Wildman–Crippen MR) is 47.7 cm³/mol. The van der Waals surface area contributed by atoms with E-state index in [9.17, 15) is 0 Å². The van der Waals surface area contributed by atoms with E-state index in [-0.39, 0.29) is 0 Å². The van der Waals surface area contributed by atoms with Crippen LogP contribution < -0.4 is 5.73 Å². The maximum absolute atomic E-state index is 5.81. The van der Waals surface area contributed by atoms with Crippen molar-refractivity contribution in [2.24, 2.45) is 11.7 Å². The Morgan fingerprint density at radius 2 is 2.40 bits per heavy atom. The van der Waals surface area contributed by atoms with Gasteiger partial charge < -0.3 is 5.73 Å². The zero-order chi connectivity index (χ0) is 7.40. The van der Waals surface area contributed by atoms with Crippen LogP contribution in [0.1, 0.15) is 26.2 Å². The van der Waals surface area contributed by atoms with Crippen LogP contribution in [0.15, 0.2) is 11.1 Å². The summed E-state index contributed by atoms with van der Waals surface area (Å²) in [7, 11) is 0. The van der Waals surface area contributed by atoms with Crippen LogP contribution in [0.25, 0.3) is 0 Å². The molecule has 0 atom stereocenters. The fraction of sp³-hybridized carbons (Fsp3) is 0.750. The van der Waals surface area contributed by atoms with Crippen molar-refractivity contribution in [3.05, 3.63) is 11.1 Å². The summed E-state index contributed by atoms with van der Waals surface area (Å²) in [5.41, 5.74) is 6.91. The fourth-order valence-electron chi connectivity index (χ4n) is 1.02. The molecule has 2 heteroatoms. The number of rotatable bonds is 3. The maximum atomic E-state index is 5.81. The Hall–Kier alpha value is -0.110. The third kappa shape index (κ3) is 1.94. The zero-order valence-corrected chi connectivity index (χ0v) is 7.29. The van der Waals surface area contributed by atoms with Crippen LogP contribution in [0.4, 0.5) is 0 Å². The third-order valence-corrected chi connectivity index (χ3v) is 2.73. The number of allylic oxidation sites excluding steroid dienone is 1. The number of nitrogens with two attached hydrogens (primary N) is 1. The van der Waals surface area contributed by atoms with Gasteiger partial charge >= 0.3 is 0 Å². The second-order valence-electron chi connectivity index (χ2n) is 2.70. The summed E-state index contributed by atoms with van der Waals surface area (Å²) in [5.74, 6) is 1.85. The molecule has 10 heavy (non-hydrogen) atoms. The summed E-state index contributed by atoms with van der Waals surface area (Å²) in [6.07, 6.45) is 4.00. The second kappa shape index (κ2) is 3.91. The highest BCUT2D eigenvalue weighted by molar-refractivity contribution is 8.02. The summed E-state index contributed by atoms with van der Waals surface area (Å²) in [6, 6.07) is 0. The molecule has 1 aliphatic rings. The molecule has 0 amide bonds. The molecule has 0 saturated heterocycles. The van der Waals surface area contributed by atoms with Gasteiger partial charge in [0.05, 0.1) is 0 Å². The Kier molecular flexibility index (Phi) is 3.13. The lowest BCUT2D eigenvalue weighted by Crippen LogP contribution is -2.18. The largest absolute Gasteiger partial charge is 0.401 e. The van der Waals surface area contributed by atoms with E-state index in [0.29, 0.717) is 0 Å². The SMILES string of the molecule is CCS/C=C(\N)C1CCC1. The van der Waals surface area contributed by atoms with E-state index >= 15 is 0 Å². The highest BCUT2D eigenvalue weighted by Gasteiger charge is 2.19. The van der Waals surface area contributed by atoms with Crippen LogP contribution in [0, 0.1) is 5.92 Å². The molecule has 0 bridgehead atoms. The Labute approximate surface area is 67.1 Å². The first-order valence-electron chi connectivity index (χ1n) is 3.91. The van der Waals surface area contributed by atoms with Crippen LogP contribution in [0.3, 0.4) is 0 Å². The average Bonchev–Trinajstić information content (AvgIpc) is 1.79. The van der Waals surface area contributed by atoms with Gasteiger partial charge in [-0.15, -0.1) is 11.8 Å². The molecule has 0 aromatic heterocycles. The maximum Gasteiger partial charge on any atom is 0.0176 e. The van der Waals surface area contributed by atoms with Gasteiger partial charge in [0.1, 0.15) is 0 Å². The van der Waals surface area contributed by atoms with E-state index < -0.39 is 0 Å². The zero-order valence-electron chi connectivity index (χ0n) is 6.47. The Morgan fingerprint density at radius 3 is 2.80 bits per heavy atom. The second-order valence-corrected chi connectivity index (χ2v) is 3.85. The summed E-state index contributed by atoms with van der Waals surface area (Å²) in [5, 5.41) is 2.11. The molecular weight excluding hydrogens is 142 g/mol. The van der Waals surface area contributed by atoms with Crippen LogP contribution >= 0.6 is 11.8 Å². The number of hydrogen-bond acceptors (Lipinski definition) is 2. The molecule has 1 saturated carbocycles. The van der Waals surface area contributed by atoms with Crippen molar-refractivity contribution in [1.29, 1.82) is 0 Å². The van der Waals surface area contributed by atoms with E-state index in [4.69, 9.17) is 5.73 Å². The number of hydrogen-bond donors (Lipinski definition) is 1. The molecule has 0 unspecified atom stereocenters. The minimum atomic E-state index is 0.721. The van der Waals surface area contributed by atoms with Crippen molar-refractivity contribution in [3.63, 3.8) is 0 Å². The summed E-state index contributed by atoms with van der Waals surface area (Å²) in [4.78, 5) is 0. The first kappa shape index (κ1) is 7.99. The molecule has 58 valence electrons. The predicted octanol–water partition coefficient (Wildman–Crippen LogP) is 2.34. The van der Waals surface area contributed by atoms with Gasteiger partial charge in [0, 0.05) is 5.70 Å². The van der Waals surface area contributed by atoms with E-state index in [2.05, 4.69) is 12.3 Å². The molecule has 2 N–H and O–H groups in total. The molecule has 1 aliphatic carbocycles. The molecule has 0 aliphatic heterocycles. The lowest BCUT2D eigenvalue weighted by Gasteiger charge is -2.25. The van der Waals surface area contributed by atoms with Crippen molar-refractivity contribution in [3.8, 4) is 0 Å². The van der Waals surface area contributed by atoms with Gasteiger partial charge in [-0.25, -0.2) is 0 Å². The van der Waals surface area contributed by atoms with Crippen LogP contribution in [0.5, 0.6) is 0 Å². The molecule has 1 rings (SSSR count). The highest BCUT2D eigenvalue weighted by Crippen LogP contribution is 2.31. The molecule has 0 aromatic rings. The lowest BCUT2D eigenvalue weighted by molar-refractivity contribution is 0.365. The molecule has 0 spiro atoms. The smallest absolute Gasteiger partial charge is 0.0176 e. The molecule has 1 fully saturated rings. The average molecular weight is 157 g/mol. The van der Waals surface area contributed by atoms with Crippen LogP contribution in [-0.4, -0.2) is 5.75 Å².